The molecule has 0 fully saturated rings. The largest absolute Gasteiger partial charge is 0.465 e. The number of methoxy groups -OCH3 is 1. The number of pyridine rings is 1. The smallest absolute Gasteiger partial charge is 0.407 e. The van der Waals surface area contributed by atoms with Crippen molar-refractivity contribution >= 4 is 12.1 Å². The second-order valence-electron chi connectivity index (χ2n) is 5.37. The maximum Gasteiger partial charge on any atom is 0.407 e. The quantitative estimate of drug-likeness (QED) is 0.843. The summed E-state index contributed by atoms with van der Waals surface area (Å²) in [5.41, 5.74) is -0.575. The Kier molecular flexibility index (Phi) is 5.52. The molecule has 116 valence electrons. The first-order valence-electron chi connectivity index (χ1n) is 6.48. The molecule has 0 unspecified atom stereocenters. The van der Waals surface area contributed by atoms with Gasteiger partial charge in [-0.3, -0.25) is 4.79 Å². The van der Waals surface area contributed by atoms with Gasteiger partial charge in [-0.25, -0.2) is 9.59 Å². The van der Waals surface area contributed by atoms with Crippen molar-refractivity contribution in [3.8, 4) is 0 Å². The molecule has 0 saturated carbocycles. The Morgan fingerprint density at radius 2 is 1.95 bits per heavy atom. The van der Waals surface area contributed by atoms with Gasteiger partial charge in [0.1, 0.15) is 5.60 Å². The maximum atomic E-state index is 11.7. The molecule has 1 aromatic heterocycles. The fraction of sp³-hybridized carbons (Fsp3) is 0.500. The molecule has 1 rings (SSSR count). The molecule has 1 amide bonds. The zero-order valence-electron chi connectivity index (χ0n) is 12.6. The third-order valence-corrected chi connectivity index (χ3v) is 2.43. The van der Waals surface area contributed by atoms with Gasteiger partial charge in [-0.1, -0.05) is 0 Å². The van der Waals surface area contributed by atoms with Crippen molar-refractivity contribution in [1.29, 1.82) is 0 Å². The Morgan fingerprint density at radius 1 is 1.29 bits per heavy atom. The number of nitrogens with one attached hydrogen (secondary N) is 1. The molecular weight excluding hydrogens is 276 g/mol. The van der Waals surface area contributed by atoms with Crippen LogP contribution in [0.1, 0.15) is 31.1 Å². The van der Waals surface area contributed by atoms with Crippen LogP contribution in [0.15, 0.2) is 23.1 Å². The van der Waals surface area contributed by atoms with E-state index in [-0.39, 0.29) is 24.2 Å². The topological polar surface area (TPSA) is 86.6 Å². The molecule has 7 heteroatoms. The lowest BCUT2D eigenvalue weighted by molar-refractivity contribution is 0.0523. The van der Waals surface area contributed by atoms with Gasteiger partial charge in [-0.05, 0) is 26.8 Å². The molecule has 1 N–H and O–H groups in total. The average molecular weight is 296 g/mol. The number of rotatable bonds is 4. The van der Waals surface area contributed by atoms with Crippen molar-refractivity contribution in [2.75, 3.05) is 13.7 Å². The molecule has 0 radical (unpaired) electrons. The first-order valence-corrected chi connectivity index (χ1v) is 6.48. The molecule has 7 nitrogen and oxygen atoms in total. The molecule has 0 aliphatic heterocycles. The predicted octanol–water partition coefficient (Wildman–Crippen LogP) is 1.16. The lowest BCUT2D eigenvalue weighted by atomic mass is 10.2. The average Bonchev–Trinajstić information content (AvgIpc) is 2.38. The summed E-state index contributed by atoms with van der Waals surface area (Å²) in [6.07, 6.45) is 0.838. The number of aromatic nitrogens is 1. The lowest BCUT2D eigenvalue weighted by Gasteiger charge is -2.19. The number of carbonyl (C=O) groups is 2. The Bertz CT molecular complexity index is 571. The second kappa shape index (κ2) is 6.92. The van der Waals surface area contributed by atoms with Gasteiger partial charge in [-0.15, -0.1) is 0 Å². The standard InChI is InChI=1S/C14H20N2O5/c1-14(2,3)21-13(19)15-7-8-16-9-10(12(18)20-4)5-6-11(16)17/h5-6,9H,7-8H2,1-4H3,(H,15,19). The van der Waals surface area contributed by atoms with Crippen LogP contribution in [0, 0.1) is 0 Å². The molecule has 1 heterocycles. The second-order valence-corrected chi connectivity index (χ2v) is 5.37. The SMILES string of the molecule is COC(=O)c1ccc(=O)n(CCNC(=O)OC(C)(C)C)c1. The summed E-state index contributed by atoms with van der Waals surface area (Å²) < 4.78 is 11.0. The van der Waals surface area contributed by atoms with Gasteiger partial charge >= 0.3 is 12.1 Å². The maximum absolute atomic E-state index is 11.7. The van der Waals surface area contributed by atoms with Gasteiger partial charge in [0, 0.05) is 25.4 Å². The van der Waals surface area contributed by atoms with Crippen LogP contribution >= 0.6 is 0 Å². The number of nitrogens with zero attached hydrogens (tertiary/aromatic N) is 1. The Labute approximate surface area is 122 Å². The van der Waals surface area contributed by atoms with Crippen LogP contribution in [-0.4, -0.2) is 35.9 Å². The third-order valence-electron chi connectivity index (χ3n) is 2.43. The summed E-state index contributed by atoms with van der Waals surface area (Å²) in [4.78, 5) is 34.5. The van der Waals surface area contributed by atoms with Gasteiger partial charge in [0.2, 0.25) is 0 Å². The van der Waals surface area contributed by atoms with E-state index >= 15 is 0 Å². The minimum Gasteiger partial charge on any atom is -0.465 e. The van der Waals surface area contributed by atoms with E-state index in [2.05, 4.69) is 10.1 Å². The van der Waals surface area contributed by atoms with Crippen molar-refractivity contribution < 1.29 is 19.1 Å². The highest BCUT2D eigenvalue weighted by Gasteiger charge is 2.15. The van der Waals surface area contributed by atoms with Crippen LogP contribution in [0.3, 0.4) is 0 Å². The minimum absolute atomic E-state index is 0.208. The van der Waals surface area contributed by atoms with Crippen molar-refractivity contribution in [3.05, 3.63) is 34.2 Å². The summed E-state index contributed by atoms with van der Waals surface area (Å²) in [7, 11) is 1.27. The highest BCUT2D eigenvalue weighted by molar-refractivity contribution is 5.88. The van der Waals surface area contributed by atoms with Crippen LogP contribution < -0.4 is 10.9 Å². The molecule has 21 heavy (non-hydrogen) atoms. The molecule has 0 bridgehead atoms. The van der Waals surface area contributed by atoms with E-state index in [1.807, 2.05) is 0 Å². The zero-order valence-corrected chi connectivity index (χ0v) is 12.6. The predicted molar refractivity (Wildman–Crippen MR) is 76.3 cm³/mol. The van der Waals surface area contributed by atoms with Gasteiger partial charge in [0.15, 0.2) is 0 Å². The molecule has 0 atom stereocenters. The normalized spacial score (nSPS) is 10.9. The van der Waals surface area contributed by atoms with E-state index in [0.717, 1.165) is 0 Å². The van der Waals surface area contributed by atoms with Gasteiger partial charge in [0.05, 0.1) is 12.7 Å². The fourth-order valence-corrected chi connectivity index (χ4v) is 1.54. The first kappa shape index (κ1) is 16.7. The zero-order chi connectivity index (χ0) is 16.0. The van der Waals surface area contributed by atoms with Crippen molar-refractivity contribution in [2.24, 2.45) is 0 Å². The van der Waals surface area contributed by atoms with Crippen LogP contribution in [0.25, 0.3) is 0 Å². The van der Waals surface area contributed by atoms with Crippen molar-refractivity contribution in [1.82, 2.24) is 9.88 Å². The van der Waals surface area contributed by atoms with E-state index in [1.54, 1.807) is 20.8 Å². The molecule has 0 aromatic carbocycles. The van der Waals surface area contributed by atoms with E-state index in [0.29, 0.717) is 0 Å². The monoisotopic (exact) mass is 296 g/mol. The number of amides is 1. The highest BCUT2D eigenvalue weighted by atomic mass is 16.6. The van der Waals surface area contributed by atoms with Crippen LogP contribution in [0.4, 0.5) is 4.79 Å². The molecule has 0 aliphatic carbocycles. The van der Waals surface area contributed by atoms with Crippen molar-refractivity contribution in [3.63, 3.8) is 0 Å². The van der Waals surface area contributed by atoms with Crippen molar-refractivity contribution in [2.45, 2.75) is 32.9 Å². The van der Waals surface area contributed by atoms with Gasteiger partial charge < -0.3 is 19.4 Å². The number of esters is 1. The third kappa shape index (κ3) is 5.68. The number of alkyl carbamates (subject to hydrolysis) is 1. The summed E-state index contributed by atoms with van der Waals surface area (Å²) >= 11 is 0. The lowest BCUT2D eigenvalue weighted by Crippen LogP contribution is -2.35. The van der Waals surface area contributed by atoms with E-state index in [1.165, 1.54) is 30.0 Å². The Balaban J connectivity index is 2.61. The minimum atomic E-state index is -0.578. The number of hydrogen-bond acceptors (Lipinski definition) is 5. The van der Waals surface area contributed by atoms with Crippen LogP contribution in [-0.2, 0) is 16.0 Å². The number of hydrogen-bond donors (Lipinski definition) is 1. The summed E-state index contributed by atoms with van der Waals surface area (Å²) in [5, 5.41) is 2.54. The summed E-state index contributed by atoms with van der Waals surface area (Å²) in [6, 6.07) is 2.67. The summed E-state index contributed by atoms with van der Waals surface area (Å²) in [6.45, 7) is 5.72. The van der Waals surface area contributed by atoms with Gasteiger partial charge in [-0.2, -0.15) is 0 Å². The molecule has 0 spiro atoms. The van der Waals surface area contributed by atoms with Gasteiger partial charge in [0.25, 0.3) is 5.56 Å². The van der Waals surface area contributed by atoms with Crippen LogP contribution in [0.5, 0.6) is 0 Å². The molecule has 0 saturated heterocycles. The molecule has 0 aliphatic rings. The highest BCUT2D eigenvalue weighted by Crippen LogP contribution is 2.06. The fourth-order valence-electron chi connectivity index (χ4n) is 1.54. The summed E-state index contributed by atoms with van der Waals surface area (Å²) in [5.74, 6) is -0.524. The Morgan fingerprint density at radius 3 is 2.52 bits per heavy atom. The van der Waals surface area contributed by atoms with E-state index < -0.39 is 17.7 Å². The molecular formula is C14H20N2O5. The first-order chi connectivity index (χ1) is 9.73. The number of ether oxygens (including phenoxy) is 2. The Hall–Kier alpha value is -2.31. The number of carbonyl (C=O) groups excluding carboxylic acids is 2. The van der Waals surface area contributed by atoms with E-state index in [9.17, 15) is 14.4 Å². The van der Waals surface area contributed by atoms with E-state index in [4.69, 9.17) is 4.74 Å². The van der Waals surface area contributed by atoms with Crippen LogP contribution in [0.2, 0.25) is 0 Å². The molecule has 1 aromatic rings.